The number of ether oxygens (including phenoxy) is 1. The lowest BCUT2D eigenvalue weighted by atomic mass is 9.89. The van der Waals surface area contributed by atoms with Crippen LogP contribution in [0.4, 0.5) is 0 Å². The van der Waals surface area contributed by atoms with Gasteiger partial charge in [0.1, 0.15) is 5.75 Å². The van der Waals surface area contributed by atoms with Crippen LogP contribution in [-0.2, 0) is 6.54 Å². The van der Waals surface area contributed by atoms with Crippen LogP contribution in [-0.4, -0.2) is 24.4 Å². The average Bonchev–Trinajstić information content (AvgIpc) is 2.24. The molecule has 1 aliphatic rings. The molecule has 0 unspecified atom stereocenters. The molecule has 2 N–H and O–H groups in total. The molecule has 0 aromatic heterocycles. The maximum Gasteiger partial charge on any atom is 0.124 e. The van der Waals surface area contributed by atoms with Gasteiger partial charge in [0.2, 0.25) is 0 Å². The van der Waals surface area contributed by atoms with Gasteiger partial charge in [0.25, 0.3) is 0 Å². The van der Waals surface area contributed by atoms with Crippen LogP contribution < -0.4 is 10.1 Å². The Morgan fingerprint density at radius 3 is 2.88 bits per heavy atom. The van der Waals surface area contributed by atoms with Gasteiger partial charge >= 0.3 is 0 Å². The Morgan fingerprint density at radius 2 is 2.25 bits per heavy atom. The van der Waals surface area contributed by atoms with Gasteiger partial charge in [-0.3, -0.25) is 0 Å². The molecule has 0 heterocycles. The molecule has 0 saturated heterocycles. The van der Waals surface area contributed by atoms with Gasteiger partial charge in [-0.15, -0.1) is 0 Å². The number of hydrogen-bond donors (Lipinski definition) is 2. The van der Waals surface area contributed by atoms with Gasteiger partial charge in [0.05, 0.1) is 13.2 Å². The van der Waals surface area contributed by atoms with E-state index in [0.717, 1.165) is 24.2 Å². The zero-order valence-electron chi connectivity index (χ0n) is 9.24. The van der Waals surface area contributed by atoms with Gasteiger partial charge in [0, 0.05) is 23.2 Å². The molecule has 1 saturated carbocycles. The number of aliphatic hydroxyl groups excluding tert-OH is 1. The fourth-order valence-corrected chi connectivity index (χ4v) is 2.14. The smallest absolute Gasteiger partial charge is 0.124 e. The number of halogens is 1. The Balaban J connectivity index is 1.97. The maximum absolute atomic E-state index is 9.18. The first kappa shape index (κ1) is 11.7. The predicted molar refractivity (Wildman–Crippen MR) is 63.9 cm³/mol. The van der Waals surface area contributed by atoms with E-state index in [1.165, 1.54) is 0 Å². The number of methoxy groups -OCH3 is 1. The Hall–Kier alpha value is -0.770. The summed E-state index contributed by atoms with van der Waals surface area (Å²) in [6.07, 6.45) is 1.52. The second-order valence-electron chi connectivity index (χ2n) is 4.12. The first-order valence-corrected chi connectivity index (χ1v) is 5.81. The monoisotopic (exact) mass is 241 g/mol. The van der Waals surface area contributed by atoms with E-state index in [9.17, 15) is 5.11 Å². The third-order valence-electron chi connectivity index (χ3n) is 2.98. The SMILES string of the molecule is COc1cccc(Cl)c1CNC1CC(O)C1. The van der Waals surface area contributed by atoms with Crippen LogP contribution in [0.2, 0.25) is 5.02 Å². The highest BCUT2D eigenvalue weighted by Gasteiger charge is 2.26. The topological polar surface area (TPSA) is 41.5 Å². The molecule has 3 nitrogen and oxygen atoms in total. The summed E-state index contributed by atoms with van der Waals surface area (Å²) in [5.74, 6) is 0.805. The first-order valence-electron chi connectivity index (χ1n) is 5.43. The number of hydrogen-bond acceptors (Lipinski definition) is 3. The molecule has 4 heteroatoms. The van der Waals surface area contributed by atoms with Crippen molar-refractivity contribution in [2.45, 2.75) is 31.5 Å². The molecule has 88 valence electrons. The van der Waals surface area contributed by atoms with Crippen molar-refractivity contribution in [2.75, 3.05) is 7.11 Å². The summed E-state index contributed by atoms with van der Waals surface area (Å²) in [7, 11) is 1.64. The fourth-order valence-electron chi connectivity index (χ4n) is 1.90. The van der Waals surface area contributed by atoms with E-state index in [-0.39, 0.29) is 6.10 Å². The Kier molecular flexibility index (Phi) is 3.69. The molecule has 1 aromatic carbocycles. The lowest BCUT2D eigenvalue weighted by molar-refractivity contribution is 0.0619. The van der Waals surface area contributed by atoms with Crippen LogP contribution in [0, 0.1) is 0 Å². The van der Waals surface area contributed by atoms with E-state index in [1.54, 1.807) is 7.11 Å². The van der Waals surface area contributed by atoms with Gasteiger partial charge in [-0.2, -0.15) is 0 Å². The van der Waals surface area contributed by atoms with Crippen LogP contribution in [0.25, 0.3) is 0 Å². The minimum atomic E-state index is -0.134. The molecule has 1 aromatic rings. The normalized spacial score (nSPS) is 23.9. The van der Waals surface area contributed by atoms with Crippen LogP contribution in [0.5, 0.6) is 5.75 Å². The van der Waals surface area contributed by atoms with Gasteiger partial charge in [-0.1, -0.05) is 17.7 Å². The van der Waals surface area contributed by atoms with Crippen LogP contribution >= 0.6 is 11.6 Å². The molecule has 1 fully saturated rings. The van der Waals surface area contributed by atoms with Gasteiger partial charge in [-0.05, 0) is 25.0 Å². The van der Waals surface area contributed by atoms with Crippen LogP contribution in [0.1, 0.15) is 18.4 Å². The van der Waals surface area contributed by atoms with E-state index < -0.39 is 0 Å². The third-order valence-corrected chi connectivity index (χ3v) is 3.33. The van der Waals surface area contributed by atoms with E-state index in [4.69, 9.17) is 16.3 Å². The molecule has 0 aliphatic heterocycles. The molecule has 1 aliphatic carbocycles. The maximum atomic E-state index is 9.18. The van der Waals surface area contributed by atoms with E-state index >= 15 is 0 Å². The Bertz CT molecular complexity index is 364. The summed E-state index contributed by atoms with van der Waals surface area (Å²) in [5, 5.41) is 13.3. The highest BCUT2D eigenvalue weighted by atomic mass is 35.5. The molecular weight excluding hydrogens is 226 g/mol. The number of aliphatic hydroxyl groups is 1. The summed E-state index contributed by atoms with van der Waals surface area (Å²) in [4.78, 5) is 0. The molecule has 0 amide bonds. The Morgan fingerprint density at radius 1 is 1.50 bits per heavy atom. The summed E-state index contributed by atoms with van der Waals surface area (Å²) in [6, 6.07) is 6.03. The van der Waals surface area contributed by atoms with E-state index in [1.807, 2.05) is 18.2 Å². The lowest BCUT2D eigenvalue weighted by Crippen LogP contribution is -2.43. The van der Waals surface area contributed by atoms with Crippen molar-refractivity contribution in [1.29, 1.82) is 0 Å². The largest absolute Gasteiger partial charge is 0.496 e. The quantitative estimate of drug-likeness (QED) is 0.847. The number of benzene rings is 1. The zero-order valence-corrected chi connectivity index (χ0v) is 10.00. The minimum absolute atomic E-state index is 0.134. The van der Waals surface area contributed by atoms with Crippen molar-refractivity contribution in [3.8, 4) is 5.75 Å². The van der Waals surface area contributed by atoms with Crippen molar-refractivity contribution < 1.29 is 9.84 Å². The molecule has 0 radical (unpaired) electrons. The van der Waals surface area contributed by atoms with E-state index in [0.29, 0.717) is 17.6 Å². The first-order chi connectivity index (χ1) is 7.70. The summed E-state index contributed by atoms with van der Waals surface area (Å²) < 4.78 is 5.26. The van der Waals surface area contributed by atoms with Gasteiger partial charge in [0.15, 0.2) is 0 Å². The van der Waals surface area contributed by atoms with Crippen molar-refractivity contribution in [3.63, 3.8) is 0 Å². The van der Waals surface area contributed by atoms with Gasteiger partial charge in [-0.25, -0.2) is 0 Å². The second-order valence-corrected chi connectivity index (χ2v) is 4.53. The average molecular weight is 242 g/mol. The molecule has 16 heavy (non-hydrogen) atoms. The van der Waals surface area contributed by atoms with Crippen molar-refractivity contribution in [1.82, 2.24) is 5.32 Å². The predicted octanol–water partition coefficient (Wildman–Crippen LogP) is 1.96. The minimum Gasteiger partial charge on any atom is -0.496 e. The van der Waals surface area contributed by atoms with Crippen molar-refractivity contribution >= 4 is 11.6 Å². The second kappa shape index (κ2) is 5.04. The highest BCUT2D eigenvalue weighted by molar-refractivity contribution is 6.31. The standard InChI is InChI=1S/C12H16ClNO2/c1-16-12-4-2-3-11(13)10(12)7-14-8-5-9(15)6-8/h2-4,8-9,14-15H,5-7H2,1H3. The van der Waals surface area contributed by atoms with Gasteiger partial charge < -0.3 is 15.2 Å². The zero-order chi connectivity index (χ0) is 11.5. The van der Waals surface area contributed by atoms with Crippen LogP contribution in [0.15, 0.2) is 18.2 Å². The highest BCUT2D eigenvalue weighted by Crippen LogP contribution is 2.27. The van der Waals surface area contributed by atoms with E-state index in [2.05, 4.69) is 5.32 Å². The molecule has 0 spiro atoms. The molecule has 0 atom stereocenters. The van der Waals surface area contributed by atoms with Crippen LogP contribution in [0.3, 0.4) is 0 Å². The summed E-state index contributed by atoms with van der Waals surface area (Å²) in [6.45, 7) is 0.681. The third kappa shape index (κ3) is 2.48. The summed E-state index contributed by atoms with van der Waals surface area (Å²) >= 11 is 6.11. The molecular formula is C12H16ClNO2. The number of nitrogens with one attached hydrogen (secondary N) is 1. The molecule has 0 bridgehead atoms. The van der Waals surface area contributed by atoms with Crippen molar-refractivity contribution in [2.24, 2.45) is 0 Å². The lowest BCUT2D eigenvalue weighted by Gasteiger charge is -2.32. The molecule has 2 rings (SSSR count). The number of rotatable bonds is 4. The Labute approximate surface area is 100 Å². The fraction of sp³-hybridized carbons (Fsp3) is 0.500. The van der Waals surface area contributed by atoms with Crippen molar-refractivity contribution in [3.05, 3.63) is 28.8 Å². The summed E-state index contributed by atoms with van der Waals surface area (Å²) in [5.41, 5.74) is 0.980.